The summed E-state index contributed by atoms with van der Waals surface area (Å²) in [4.78, 5) is 0. The first-order valence-electron chi connectivity index (χ1n) is 6.54. The van der Waals surface area contributed by atoms with E-state index in [0.717, 1.165) is 16.5 Å². The molecule has 0 aliphatic carbocycles. The van der Waals surface area contributed by atoms with Crippen molar-refractivity contribution in [2.24, 2.45) is 10.2 Å². The first-order valence-corrected chi connectivity index (χ1v) is 6.54. The number of ether oxygens (including phenoxy) is 1. The van der Waals surface area contributed by atoms with Gasteiger partial charge in [0.25, 0.3) is 0 Å². The van der Waals surface area contributed by atoms with Crippen LogP contribution in [0.1, 0.15) is 0 Å². The quantitative estimate of drug-likeness (QED) is 0.688. The van der Waals surface area contributed by atoms with Crippen molar-refractivity contribution in [2.75, 3.05) is 7.11 Å². The third-order valence-corrected chi connectivity index (χ3v) is 3.22. The van der Waals surface area contributed by atoms with E-state index in [0.29, 0.717) is 11.4 Å². The van der Waals surface area contributed by atoms with E-state index in [2.05, 4.69) is 10.2 Å². The Labute approximate surface area is 122 Å². The molecule has 1 N–H and O–H groups in total. The van der Waals surface area contributed by atoms with E-state index in [1.807, 2.05) is 54.6 Å². The molecule has 0 spiro atoms. The van der Waals surface area contributed by atoms with Crippen molar-refractivity contribution in [3.63, 3.8) is 0 Å². The van der Waals surface area contributed by atoms with Crippen LogP contribution in [0.25, 0.3) is 10.8 Å². The third-order valence-electron chi connectivity index (χ3n) is 3.22. The summed E-state index contributed by atoms with van der Waals surface area (Å²) in [6.07, 6.45) is 0. The number of azo groups is 1. The van der Waals surface area contributed by atoms with E-state index in [1.165, 1.54) is 0 Å². The summed E-state index contributed by atoms with van der Waals surface area (Å²) in [5, 5.41) is 20.2. The highest BCUT2D eigenvalue weighted by Crippen LogP contribution is 2.36. The summed E-state index contributed by atoms with van der Waals surface area (Å²) in [6, 6.07) is 18.5. The topological polar surface area (TPSA) is 54.2 Å². The maximum atomic E-state index is 9.99. The second kappa shape index (κ2) is 5.63. The van der Waals surface area contributed by atoms with Gasteiger partial charge in [-0.2, -0.15) is 5.11 Å². The minimum atomic E-state index is 0.117. The summed E-state index contributed by atoms with van der Waals surface area (Å²) in [5.41, 5.74) is 1.17. The molecule has 3 aromatic carbocycles. The lowest BCUT2D eigenvalue weighted by Crippen LogP contribution is -1.79. The Kier molecular flexibility index (Phi) is 3.51. The first kappa shape index (κ1) is 13.1. The van der Waals surface area contributed by atoms with Crippen LogP contribution in [0.4, 0.5) is 11.4 Å². The average Bonchev–Trinajstić information content (AvgIpc) is 2.54. The van der Waals surface area contributed by atoms with E-state index in [4.69, 9.17) is 4.74 Å². The number of methoxy groups -OCH3 is 1. The second-order valence-electron chi connectivity index (χ2n) is 4.55. The number of benzene rings is 3. The largest absolute Gasteiger partial charge is 0.506 e. The number of fused-ring (bicyclic) bond motifs is 1. The summed E-state index contributed by atoms with van der Waals surface area (Å²) in [7, 11) is 1.62. The molecule has 21 heavy (non-hydrogen) atoms. The molecular weight excluding hydrogens is 264 g/mol. The summed E-state index contributed by atoms with van der Waals surface area (Å²) >= 11 is 0. The molecule has 0 saturated heterocycles. The molecule has 0 aliphatic heterocycles. The van der Waals surface area contributed by atoms with Gasteiger partial charge in [-0.1, -0.05) is 30.3 Å². The van der Waals surface area contributed by atoms with Crippen molar-refractivity contribution in [1.82, 2.24) is 0 Å². The Morgan fingerprint density at radius 3 is 2.38 bits per heavy atom. The molecule has 0 heterocycles. The van der Waals surface area contributed by atoms with Crippen molar-refractivity contribution < 1.29 is 9.84 Å². The Balaban J connectivity index is 2.00. The summed E-state index contributed by atoms with van der Waals surface area (Å²) in [5.74, 6) is 0.882. The Morgan fingerprint density at radius 2 is 1.62 bits per heavy atom. The van der Waals surface area contributed by atoms with Gasteiger partial charge in [-0.25, -0.2) is 0 Å². The van der Waals surface area contributed by atoms with Crippen molar-refractivity contribution >= 4 is 22.1 Å². The fourth-order valence-corrected chi connectivity index (χ4v) is 2.11. The lowest BCUT2D eigenvalue weighted by molar-refractivity contribution is 0.415. The van der Waals surface area contributed by atoms with Gasteiger partial charge in [-0.3, -0.25) is 0 Å². The van der Waals surface area contributed by atoms with E-state index in [-0.39, 0.29) is 5.75 Å². The predicted molar refractivity (Wildman–Crippen MR) is 82.8 cm³/mol. The molecule has 4 heteroatoms. The molecule has 3 aromatic rings. The number of nitrogens with zero attached hydrogens (tertiary/aromatic N) is 2. The van der Waals surface area contributed by atoms with Crippen LogP contribution in [0.3, 0.4) is 0 Å². The molecule has 0 bridgehead atoms. The first-order chi connectivity index (χ1) is 10.3. The van der Waals surface area contributed by atoms with Crippen LogP contribution < -0.4 is 4.74 Å². The predicted octanol–water partition coefficient (Wildman–Crippen LogP) is 4.97. The molecule has 104 valence electrons. The van der Waals surface area contributed by atoms with Gasteiger partial charge in [-0.05, 0) is 35.7 Å². The fraction of sp³-hybridized carbons (Fsp3) is 0.0588. The molecule has 0 saturated carbocycles. The van der Waals surface area contributed by atoms with Crippen LogP contribution in [-0.2, 0) is 0 Å². The highest BCUT2D eigenvalue weighted by Gasteiger charge is 2.05. The molecule has 0 radical (unpaired) electrons. The minimum absolute atomic E-state index is 0.117. The van der Waals surface area contributed by atoms with Crippen LogP contribution in [0.15, 0.2) is 70.9 Å². The Hall–Kier alpha value is -2.88. The fourth-order valence-electron chi connectivity index (χ4n) is 2.11. The zero-order chi connectivity index (χ0) is 14.7. The molecule has 0 aromatic heterocycles. The lowest BCUT2D eigenvalue weighted by Gasteiger charge is -2.03. The SMILES string of the molecule is COc1ccc(/N=N/c2c(O)ccc3ccccc23)cc1. The van der Waals surface area contributed by atoms with Gasteiger partial charge >= 0.3 is 0 Å². The highest BCUT2D eigenvalue weighted by molar-refractivity contribution is 5.95. The minimum Gasteiger partial charge on any atom is -0.506 e. The lowest BCUT2D eigenvalue weighted by atomic mass is 10.1. The van der Waals surface area contributed by atoms with Gasteiger partial charge in [-0.15, -0.1) is 5.11 Å². The molecule has 0 atom stereocenters. The van der Waals surface area contributed by atoms with Crippen molar-refractivity contribution in [1.29, 1.82) is 0 Å². The monoisotopic (exact) mass is 278 g/mol. The summed E-state index contributed by atoms with van der Waals surface area (Å²) in [6.45, 7) is 0. The van der Waals surface area contributed by atoms with Crippen molar-refractivity contribution in [3.05, 3.63) is 60.7 Å². The molecule has 4 nitrogen and oxygen atoms in total. The van der Waals surface area contributed by atoms with Gasteiger partial charge in [0.2, 0.25) is 0 Å². The van der Waals surface area contributed by atoms with Gasteiger partial charge in [0.1, 0.15) is 17.2 Å². The molecular formula is C17H14N2O2. The van der Waals surface area contributed by atoms with Gasteiger partial charge in [0, 0.05) is 5.39 Å². The van der Waals surface area contributed by atoms with Crippen molar-refractivity contribution in [3.8, 4) is 11.5 Å². The highest BCUT2D eigenvalue weighted by atomic mass is 16.5. The van der Waals surface area contributed by atoms with Crippen LogP contribution in [-0.4, -0.2) is 12.2 Å². The van der Waals surface area contributed by atoms with Crippen LogP contribution in [0, 0.1) is 0 Å². The molecule has 3 rings (SSSR count). The normalized spacial score (nSPS) is 11.1. The van der Waals surface area contributed by atoms with Gasteiger partial charge < -0.3 is 9.84 Å². The number of phenolic OH excluding ortho intramolecular Hbond substituents is 1. The van der Waals surface area contributed by atoms with E-state index >= 15 is 0 Å². The van der Waals surface area contributed by atoms with E-state index in [9.17, 15) is 5.11 Å². The van der Waals surface area contributed by atoms with Gasteiger partial charge in [0.15, 0.2) is 0 Å². The number of phenols is 1. The molecule has 0 fully saturated rings. The maximum absolute atomic E-state index is 9.99. The molecule has 0 aliphatic rings. The number of rotatable bonds is 3. The van der Waals surface area contributed by atoms with Crippen LogP contribution in [0.2, 0.25) is 0 Å². The average molecular weight is 278 g/mol. The molecule has 0 amide bonds. The van der Waals surface area contributed by atoms with Crippen LogP contribution in [0.5, 0.6) is 11.5 Å². The zero-order valence-electron chi connectivity index (χ0n) is 11.5. The number of hydrogen-bond donors (Lipinski definition) is 1. The van der Waals surface area contributed by atoms with E-state index < -0.39 is 0 Å². The maximum Gasteiger partial charge on any atom is 0.143 e. The van der Waals surface area contributed by atoms with E-state index in [1.54, 1.807) is 13.2 Å². The Bertz CT molecular complexity index is 795. The summed E-state index contributed by atoms with van der Waals surface area (Å²) < 4.78 is 5.10. The second-order valence-corrected chi connectivity index (χ2v) is 4.55. The number of hydrogen-bond acceptors (Lipinski definition) is 4. The van der Waals surface area contributed by atoms with Crippen LogP contribution >= 0.6 is 0 Å². The third kappa shape index (κ3) is 2.69. The number of aromatic hydroxyl groups is 1. The van der Waals surface area contributed by atoms with Crippen molar-refractivity contribution in [2.45, 2.75) is 0 Å². The molecule has 0 unspecified atom stereocenters. The smallest absolute Gasteiger partial charge is 0.143 e. The standard InChI is InChI=1S/C17H14N2O2/c1-21-14-9-7-13(8-10-14)18-19-17-15-5-3-2-4-12(15)6-11-16(17)20/h2-11,20H,1H3/b19-18+. The Morgan fingerprint density at radius 1 is 0.857 bits per heavy atom. The van der Waals surface area contributed by atoms with Gasteiger partial charge in [0.05, 0.1) is 12.8 Å². The zero-order valence-corrected chi connectivity index (χ0v) is 11.5.